The van der Waals surface area contributed by atoms with E-state index in [0.29, 0.717) is 5.15 Å². The van der Waals surface area contributed by atoms with Crippen LogP contribution < -0.4 is 4.90 Å². The summed E-state index contributed by atoms with van der Waals surface area (Å²) < 4.78 is 0.786. The number of rotatable bonds is 3. The summed E-state index contributed by atoms with van der Waals surface area (Å²) in [5.41, 5.74) is 0. The van der Waals surface area contributed by atoms with Crippen LogP contribution in [0.3, 0.4) is 0 Å². The van der Waals surface area contributed by atoms with Crippen LogP contribution in [0.2, 0.25) is 5.15 Å². The second-order valence-corrected chi connectivity index (χ2v) is 5.13. The highest BCUT2D eigenvalue weighted by molar-refractivity contribution is 9.10. The van der Waals surface area contributed by atoms with Gasteiger partial charge in [0.05, 0.1) is 4.47 Å². The van der Waals surface area contributed by atoms with Crippen LogP contribution in [0.25, 0.3) is 0 Å². The maximum absolute atomic E-state index is 5.92. The molecule has 0 atom stereocenters. The Bertz CT molecular complexity index is 355. The average Bonchev–Trinajstić information content (AvgIpc) is 2.15. The van der Waals surface area contributed by atoms with Gasteiger partial charge in [-0.05, 0) is 34.7 Å². The average molecular weight is 291 g/mol. The largest absolute Gasteiger partial charge is 0.358 e. The molecule has 1 aliphatic rings. The molecule has 1 aromatic heterocycles. The first-order chi connectivity index (χ1) is 7.18. The Hall–Kier alpha value is -0.350. The Morgan fingerprint density at radius 1 is 1.53 bits per heavy atom. The Morgan fingerprint density at radius 3 is 2.87 bits per heavy atom. The number of aromatic nitrogens is 2. The monoisotopic (exact) mass is 289 g/mol. The summed E-state index contributed by atoms with van der Waals surface area (Å²) in [6.07, 6.45) is 5.53. The Morgan fingerprint density at radius 2 is 2.27 bits per heavy atom. The zero-order chi connectivity index (χ0) is 10.8. The third-order valence-electron chi connectivity index (χ3n) is 2.85. The Labute approximate surface area is 103 Å². The molecule has 0 spiro atoms. The molecule has 5 heteroatoms. The summed E-state index contributed by atoms with van der Waals surface area (Å²) in [6, 6.07) is 0. The third-order valence-corrected chi connectivity index (χ3v) is 4.09. The van der Waals surface area contributed by atoms with Crippen molar-refractivity contribution in [3.8, 4) is 0 Å². The van der Waals surface area contributed by atoms with Crippen molar-refractivity contribution in [1.82, 2.24) is 9.97 Å². The summed E-state index contributed by atoms with van der Waals surface area (Å²) in [5.74, 6) is 1.69. The lowest BCUT2D eigenvalue weighted by atomic mass is 9.85. The number of anilines is 1. The highest BCUT2D eigenvalue weighted by Gasteiger charge is 2.21. The molecule has 0 bridgehead atoms. The molecular weight excluding hydrogens is 277 g/mol. The van der Waals surface area contributed by atoms with Crippen LogP contribution in [0, 0.1) is 5.92 Å². The molecule has 0 aliphatic heterocycles. The van der Waals surface area contributed by atoms with E-state index >= 15 is 0 Å². The second kappa shape index (κ2) is 4.66. The zero-order valence-electron chi connectivity index (χ0n) is 8.58. The number of hydrogen-bond donors (Lipinski definition) is 0. The molecule has 0 radical (unpaired) electrons. The van der Waals surface area contributed by atoms with Crippen LogP contribution >= 0.6 is 27.5 Å². The van der Waals surface area contributed by atoms with Gasteiger partial charge >= 0.3 is 0 Å². The van der Waals surface area contributed by atoms with Gasteiger partial charge in [-0.25, -0.2) is 9.97 Å². The van der Waals surface area contributed by atoms with Crippen LogP contribution in [0.1, 0.15) is 19.3 Å². The molecule has 82 valence electrons. The summed E-state index contributed by atoms with van der Waals surface area (Å²) in [6.45, 7) is 1.05. The molecule has 0 aromatic carbocycles. The minimum Gasteiger partial charge on any atom is -0.358 e. The minimum absolute atomic E-state index is 0.473. The minimum atomic E-state index is 0.473. The Balaban J connectivity index is 2.09. The molecule has 0 N–H and O–H groups in total. The summed E-state index contributed by atoms with van der Waals surface area (Å²) in [7, 11) is 2.04. The van der Waals surface area contributed by atoms with E-state index in [2.05, 4.69) is 30.8 Å². The lowest BCUT2D eigenvalue weighted by Crippen LogP contribution is -2.30. The second-order valence-electron chi connectivity index (χ2n) is 3.98. The molecule has 3 nitrogen and oxygen atoms in total. The van der Waals surface area contributed by atoms with E-state index in [1.54, 1.807) is 0 Å². The predicted molar refractivity (Wildman–Crippen MR) is 65.4 cm³/mol. The van der Waals surface area contributed by atoms with E-state index < -0.39 is 0 Å². The fraction of sp³-hybridized carbons (Fsp3) is 0.600. The van der Waals surface area contributed by atoms with Gasteiger partial charge in [0.2, 0.25) is 0 Å². The molecule has 1 aliphatic carbocycles. The van der Waals surface area contributed by atoms with Gasteiger partial charge < -0.3 is 4.90 Å². The van der Waals surface area contributed by atoms with Crippen molar-refractivity contribution in [3.05, 3.63) is 16.0 Å². The predicted octanol–water partition coefficient (Wildman–Crippen LogP) is 3.13. The van der Waals surface area contributed by atoms with Gasteiger partial charge in [-0.3, -0.25) is 0 Å². The summed E-state index contributed by atoms with van der Waals surface area (Å²) >= 11 is 9.33. The Kier molecular flexibility index (Phi) is 3.46. The lowest BCUT2D eigenvalue weighted by molar-refractivity contribution is 0.321. The number of nitrogens with zero attached hydrogens (tertiary/aromatic N) is 3. The molecule has 0 saturated heterocycles. The topological polar surface area (TPSA) is 29.0 Å². The molecule has 1 saturated carbocycles. The fourth-order valence-electron chi connectivity index (χ4n) is 1.76. The van der Waals surface area contributed by atoms with Crippen LogP contribution in [-0.2, 0) is 0 Å². The van der Waals surface area contributed by atoms with E-state index in [1.807, 2.05) is 7.05 Å². The van der Waals surface area contributed by atoms with Gasteiger partial charge in [0.1, 0.15) is 17.3 Å². The van der Waals surface area contributed by atoms with Gasteiger partial charge in [-0.15, -0.1) is 0 Å². The molecule has 1 heterocycles. The molecule has 2 rings (SSSR count). The van der Waals surface area contributed by atoms with Crippen molar-refractivity contribution in [2.75, 3.05) is 18.5 Å². The molecule has 1 aromatic rings. The van der Waals surface area contributed by atoms with E-state index in [1.165, 1.54) is 25.6 Å². The smallest absolute Gasteiger partial charge is 0.148 e. The first-order valence-corrected chi connectivity index (χ1v) is 6.22. The van der Waals surface area contributed by atoms with Gasteiger partial charge in [0, 0.05) is 13.6 Å². The van der Waals surface area contributed by atoms with Crippen molar-refractivity contribution in [3.63, 3.8) is 0 Å². The first-order valence-electron chi connectivity index (χ1n) is 5.05. The molecule has 1 fully saturated rings. The summed E-state index contributed by atoms with van der Waals surface area (Å²) in [5, 5.41) is 0.473. The van der Waals surface area contributed by atoms with Crippen LogP contribution in [0.4, 0.5) is 5.82 Å². The summed E-state index contributed by atoms with van der Waals surface area (Å²) in [4.78, 5) is 10.3. The van der Waals surface area contributed by atoms with Crippen LogP contribution in [-0.4, -0.2) is 23.6 Å². The van der Waals surface area contributed by atoms with Crippen molar-refractivity contribution < 1.29 is 0 Å². The van der Waals surface area contributed by atoms with Crippen molar-refractivity contribution in [1.29, 1.82) is 0 Å². The standard InChI is InChI=1S/C10H13BrClN3/c1-15(5-7-3-2-4-7)10-8(11)9(12)13-6-14-10/h6-7H,2-5H2,1H3. The SMILES string of the molecule is CN(CC1CCC1)c1ncnc(Cl)c1Br. The highest BCUT2D eigenvalue weighted by atomic mass is 79.9. The van der Waals surface area contributed by atoms with Crippen molar-refractivity contribution in [2.45, 2.75) is 19.3 Å². The first kappa shape index (κ1) is 11.1. The van der Waals surface area contributed by atoms with E-state index in [0.717, 1.165) is 22.8 Å². The molecule has 0 unspecified atom stereocenters. The molecule has 15 heavy (non-hydrogen) atoms. The van der Waals surface area contributed by atoms with Gasteiger partial charge in [0.25, 0.3) is 0 Å². The highest BCUT2D eigenvalue weighted by Crippen LogP contribution is 2.32. The van der Waals surface area contributed by atoms with E-state index in [-0.39, 0.29) is 0 Å². The quantitative estimate of drug-likeness (QED) is 0.801. The third kappa shape index (κ3) is 2.42. The number of halogens is 2. The zero-order valence-corrected chi connectivity index (χ0v) is 10.9. The van der Waals surface area contributed by atoms with E-state index in [9.17, 15) is 0 Å². The normalized spacial score (nSPS) is 16.2. The van der Waals surface area contributed by atoms with Crippen LogP contribution in [0.15, 0.2) is 10.8 Å². The fourth-order valence-corrected chi connectivity index (χ4v) is 2.39. The maximum atomic E-state index is 5.92. The van der Waals surface area contributed by atoms with Crippen molar-refractivity contribution in [2.24, 2.45) is 5.92 Å². The maximum Gasteiger partial charge on any atom is 0.148 e. The van der Waals surface area contributed by atoms with Gasteiger partial charge in [-0.2, -0.15) is 0 Å². The number of hydrogen-bond acceptors (Lipinski definition) is 3. The molecular formula is C10H13BrClN3. The van der Waals surface area contributed by atoms with Crippen molar-refractivity contribution >= 4 is 33.3 Å². The van der Waals surface area contributed by atoms with E-state index in [4.69, 9.17) is 11.6 Å². The van der Waals surface area contributed by atoms with Gasteiger partial charge in [0.15, 0.2) is 0 Å². The lowest BCUT2D eigenvalue weighted by Gasteiger charge is -2.31. The van der Waals surface area contributed by atoms with Gasteiger partial charge in [-0.1, -0.05) is 18.0 Å². The van der Waals surface area contributed by atoms with Crippen LogP contribution in [0.5, 0.6) is 0 Å². The molecule has 0 amide bonds.